The van der Waals surface area contributed by atoms with Crippen molar-refractivity contribution in [2.45, 2.75) is 67.9 Å². The molecule has 9 heteroatoms. The number of nitrogens with zero attached hydrogens (tertiary/aromatic N) is 1. The Morgan fingerprint density at radius 1 is 1.00 bits per heavy atom. The third kappa shape index (κ3) is 3.13. The normalized spacial score (nSPS) is 51.7. The smallest absolute Gasteiger partial charge is 0.187 e. The van der Waals surface area contributed by atoms with E-state index in [1.165, 1.54) is 0 Å². The van der Waals surface area contributed by atoms with Gasteiger partial charge in [-0.2, -0.15) is 0 Å². The van der Waals surface area contributed by atoms with Crippen LogP contribution < -0.4 is 0 Å². The summed E-state index contributed by atoms with van der Waals surface area (Å²) in [6, 6.07) is -0.411. The second-order valence-corrected chi connectivity index (χ2v) is 6.56. The SMILES string of the molecule is OCC1O[C@H](O[C@@H]2CCCN3C[C@H](O)[C@H](O)[C@@H]23)C(O)C(O)C1O. The van der Waals surface area contributed by atoms with Crippen molar-refractivity contribution >= 4 is 0 Å². The summed E-state index contributed by atoms with van der Waals surface area (Å²) >= 11 is 0. The van der Waals surface area contributed by atoms with Gasteiger partial charge in [-0.15, -0.1) is 0 Å². The highest BCUT2D eigenvalue weighted by atomic mass is 16.7. The van der Waals surface area contributed by atoms with Crippen LogP contribution in [0.5, 0.6) is 0 Å². The number of ether oxygens (including phenoxy) is 2. The number of fused-ring (bicyclic) bond motifs is 1. The minimum atomic E-state index is -1.50. The summed E-state index contributed by atoms with van der Waals surface area (Å²) in [5, 5.41) is 58.8. The molecule has 4 unspecified atom stereocenters. The summed E-state index contributed by atoms with van der Waals surface area (Å²) in [4.78, 5) is 1.94. The van der Waals surface area contributed by atoms with Gasteiger partial charge in [0.05, 0.1) is 31.0 Å². The Morgan fingerprint density at radius 3 is 2.43 bits per heavy atom. The minimum Gasteiger partial charge on any atom is -0.394 e. The maximum absolute atomic E-state index is 10.1. The molecular formula is C14H25NO8. The maximum atomic E-state index is 10.1. The molecule has 0 aromatic rings. The van der Waals surface area contributed by atoms with Gasteiger partial charge in [-0.05, 0) is 19.4 Å². The van der Waals surface area contributed by atoms with Gasteiger partial charge in [0, 0.05) is 6.54 Å². The Balaban J connectivity index is 1.70. The van der Waals surface area contributed by atoms with Gasteiger partial charge in [-0.25, -0.2) is 0 Å². The Kier molecular flexibility index (Phi) is 5.21. The first-order valence-corrected chi connectivity index (χ1v) is 8.00. The van der Waals surface area contributed by atoms with Crippen LogP contribution in [0.4, 0.5) is 0 Å². The standard InChI is InChI=1S/C14H25NO8/c16-5-8-11(19)12(20)13(21)14(23-8)22-7-2-1-3-15-4-6(17)10(18)9(7)15/h6-14,16-21H,1-5H2/t6-,7+,8?,9+,10-,11?,12?,13?,14-/m0/s1. The van der Waals surface area contributed by atoms with Crippen LogP contribution >= 0.6 is 0 Å². The largest absolute Gasteiger partial charge is 0.394 e. The number of aliphatic hydroxyl groups is 6. The van der Waals surface area contributed by atoms with Crippen molar-refractivity contribution in [1.29, 1.82) is 0 Å². The lowest BCUT2D eigenvalue weighted by atomic mass is 9.95. The van der Waals surface area contributed by atoms with Crippen LogP contribution in [0.25, 0.3) is 0 Å². The fourth-order valence-electron chi connectivity index (χ4n) is 3.78. The van der Waals surface area contributed by atoms with Crippen molar-refractivity contribution in [2.24, 2.45) is 0 Å². The molecule has 9 atom stereocenters. The van der Waals surface area contributed by atoms with Gasteiger partial charge in [0.15, 0.2) is 6.29 Å². The second-order valence-electron chi connectivity index (χ2n) is 6.56. The van der Waals surface area contributed by atoms with Gasteiger partial charge in [0.25, 0.3) is 0 Å². The molecule has 3 rings (SSSR count). The Labute approximate surface area is 133 Å². The Hall–Kier alpha value is -0.360. The van der Waals surface area contributed by atoms with E-state index in [4.69, 9.17) is 9.47 Å². The Morgan fingerprint density at radius 2 is 1.74 bits per heavy atom. The molecule has 6 N–H and O–H groups in total. The van der Waals surface area contributed by atoms with Gasteiger partial charge >= 0.3 is 0 Å². The molecule has 0 saturated carbocycles. The molecule has 3 saturated heterocycles. The van der Waals surface area contributed by atoms with Crippen molar-refractivity contribution in [3.63, 3.8) is 0 Å². The average molecular weight is 335 g/mol. The molecule has 3 fully saturated rings. The molecule has 0 amide bonds. The first kappa shape index (κ1) is 17.5. The zero-order valence-electron chi connectivity index (χ0n) is 12.7. The summed E-state index contributed by atoms with van der Waals surface area (Å²) in [5.41, 5.74) is 0. The molecule has 0 aliphatic carbocycles. The van der Waals surface area contributed by atoms with Crippen molar-refractivity contribution < 1.29 is 40.1 Å². The summed E-state index contributed by atoms with van der Waals surface area (Å²) in [5.74, 6) is 0. The van der Waals surface area contributed by atoms with Crippen LogP contribution in [0, 0.1) is 0 Å². The maximum Gasteiger partial charge on any atom is 0.187 e. The van der Waals surface area contributed by atoms with E-state index in [9.17, 15) is 30.6 Å². The summed E-state index contributed by atoms with van der Waals surface area (Å²) in [6.45, 7) is 0.583. The zero-order valence-corrected chi connectivity index (χ0v) is 12.7. The van der Waals surface area contributed by atoms with Gasteiger partial charge in [0.1, 0.15) is 24.4 Å². The molecular weight excluding hydrogens is 310 g/mol. The molecule has 0 bridgehead atoms. The molecule has 134 valence electrons. The fourth-order valence-corrected chi connectivity index (χ4v) is 3.78. The highest BCUT2D eigenvalue weighted by Crippen LogP contribution is 2.32. The lowest BCUT2D eigenvalue weighted by Gasteiger charge is -2.44. The predicted molar refractivity (Wildman–Crippen MR) is 75.2 cm³/mol. The quantitative estimate of drug-likeness (QED) is 0.308. The average Bonchev–Trinajstić information content (AvgIpc) is 2.83. The summed E-state index contributed by atoms with van der Waals surface area (Å²) < 4.78 is 11.1. The number of piperidine rings is 1. The van der Waals surface area contributed by atoms with Crippen molar-refractivity contribution in [2.75, 3.05) is 19.7 Å². The van der Waals surface area contributed by atoms with Crippen LogP contribution in [-0.2, 0) is 9.47 Å². The Bertz CT molecular complexity index is 410. The topological polar surface area (TPSA) is 143 Å². The van der Waals surface area contributed by atoms with E-state index in [2.05, 4.69) is 0 Å². The lowest BCUT2D eigenvalue weighted by Crippen LogP contribution is -2.61. The highest BCUT2D eigenvalue weighted by Gasteiger charge is 2.50. The van der Waals surface area contributed by atoms with Crippen LogP contribution in [0.3, 0.4) is 0 Å². The van der Waals surface area contributed by atoms with Crippen LogP contribution in [0.1, 0.15) is 12.8 Å². The third-order valence-electron chi connectivity index (χ3n) is 5.06. The first-order chi connectivity index (χ1) is 10.9. The molecule has 3 aliphatic rings. The van der Waals surface area contributed by atoms with Gasteiger partial charge in [0.2, 0.25) is 0 Å². The van der Waals surface area contributed by atoms with Crippen LogP contribution in [-0.4, -0.2) is 110 Å². The molecule has 0 radical (unpaired) electrons. The summed E-state index contributed by atoms with van der Waals surface area (Å²) in [7, 11) is 0. The zero-order chi connectivity index (χ0) is 16.7. The van der Waals surface area contributed by atoms with Gasteiger partial charge in [-0.1, -0.05) is 0 Å². The van der Waals surface area contributed by atoms with Gasteiger partial charge < -0.3 is 40.1 Å². The van der Waals surface area contributed by atoms with E-state index in [1.54, 1.807) is 0 Å². The minimum absolute atomic E-state index is 0.361. The number of hydrogen-bond donors (Lipinski definition) is 6. The number of hydrogen-bond acceptors (Lipinski definition) is 9. The van der Waals surface area contributed by atoms with Crippen LogP contribution in [0.15, 0.2) is 0 Å². The number of rotatable bonds is 3. The van der Waals surface area contributed by atoms with E-state index in [-0.39, 0.29) is 0 Å². The monoisotopic (exact) mass is 335 g/mol. The van der Waals surface area contributed by atoms with Crippen LogP contribution in [0.2, 0.25) is 0 Å². The van der Waals surface area contributed by atoms with Gasteiger partial charge in [-0.3, -0.25) is 4.90 Å². The molecule has 0 aromatic carbocycles. The third-order valence-corrected chi connectivity index (χ3v) is 5.06. The van der Waals surface area contributed by atoms with E-state index in [1.807, 2.05) is 4.90 Å². The molecule has 23 heavy (non-hydrogen) atoms. The lowest BCUT2D eigenvalue weighted by molar-refractivity contribution is -0.317. The molecule has 0 spiro atoms. The summed E-state index contributed by atoms with van der Waals surface area (Å²) in [6.07, 6.45) is -7.52. The molecule has 9 nitrogen and oxygen atoms in total. The molecule has 0 aromatic heterocycles. The van der Waals surface area contributed by atoms with E-state index < -0.39 is 61.7 Å². The first-order valence-electron chi connectivity index (χ1n) is 8.00. The molecule has 3 aliphatic heterocycles. The van der Waals surface area contributed by atoms with Crippen molar-refractivity contribution in [3.05, 3.63) is 0 Å². The number of aliphatic hydroxyl groups excluding tert-OH is 6. The van der Waals surface area contributed by atoms with Crippen molar-refractivity contribution in [3.8, 4) is 0 Å². The highest BCUT2D eigenvalue weighted by molar-refractivity contribution is 5.01. The van der Waals surface area contributed by atoms with Crippen molar-refractivity contribution in [1.82, 2.24) is 4.90 Å². The van der Waals surface area contributed by atoms with E-state index in [0.717, 1.165) is 13.0 Å². The second kappa shape index (κ2) is 6.87. The fraction of sp³-hybridized carbons (Fsp3) is 1.00. The molecule has 3 heterocycles. The van der Waals surface area contributed by atoms with E-state index in [0.29, 0.717) is 13.0 Å². The van der Waals surface area contributed by atoms with E-state index >= 15 is 0 Å². The predicted octanol–water partition coefficient (Wildman–Crippen LogP) is -3.63.